The Morgan fingerprint density at radius 2 is 2.04 bits per heavy atom. The van der Waals surface area contributed by atoms with E-state index in [1.165, 1.54) is 12.5 Å². The molecule has 1 aromatic heterocycles. The molecule has 0 spiro atoms. The van der Waals surface area contributed by atoms with Crippen molar-refractivity contribution in [3.05, 3.63) is 47.3 Å². The minimum Gasteiger partial charge on any atom is -0.278 e. The van der Waals surface area contributed by atoms with Crippen molar-refractivity contribution in [1.29, 1.82) is 0 Å². The number of hydrogen-bond donors (Lipinski definition) is 2. The molecule has 1 aliphatic rings. The molecule has 0 bridgehead atoms. The molecule has 1 amide bonds. The molecule has 2 aromatic rings. The maximum Gasteiger partial charge on any atom is 0.273 e. The molecule has 1 heterocycles. The van der Waals surface area contributed by atoms with Crippen LogP contribution >= 0.6 is 11.3 Å². The van der Waals surface area contributed by atoms with Crippen LogP contribution in [-0.2, 0) is 10.0 Å². The highest BCUT2D eigenvalue weighted by Gasteiger charge is 2.20. The standard InChI is InChI=1S/C18H21N3O3S2/c1-13-6-4-7-14(12-13)19-20-18(22)15-8-2-3-9-16(15)21-26(23,24)17-10-5-11-25-17/h2-3,5,8-11,13,21H,4,6-7,12H2,1H3,(H,20,22)/b19-14+/t13-/m1/s1. The third-order valence-electron chi connectivity index (χ3n) is 4.24. The molecule has 8 heteroatoms. The van der Waals surface area contributed by atoms with Crippen LogP contribution < -0.4 is 10.1 Å². The number of sulfonamides is 1. The quantitative estimate of drug-likeness (QED) is 0.759. The average Bonchev–Trinajstić information content (AvgIpc) is 3.16. The van der Waals surface area contributed by atoms with Gasteiger partial charge in [-0.05, 0) is 55.2 Å². The molecule has 1 aromatic carbocycles. The summed E-state index contributed by atoms with van der Waals surface area (Å²) in [5.41, 5.74) is 4.02. The van der Waals surface area contributed by atoms with Crippen LogP contribution in [0.4, 0.5) is 5.69 Å². The third kappa shape index (κ3) is 4.50. The molecule has 2 N–H and O–H groups in total. The highest BCUT2D eigenvalue weighted by Crippen LogP contribution is 2.23. The summed E-state index contributed by atoms with van der Waals surface area (Å²) in [6.45, 7) is 2.17. The highest BCUT2D eigenvalue weighted by atomic mass is 32.2. The van der Waals surface area contributed by atoms with Crippen LogP contribution in [0.25, 0.3) is 0 Å². The van der Waals surface area contributed by atoms with Crippen LogP contribution in [-0.4, -0.2) is 20.0 Å². The number of benzene rings is 1. The predicted octanol–water partition coefficient (Wildman–Crippen LogP) is 3.84. The number of carbonyl (C=O) groups excluding carboxylic acids is 1. The number of amides is 1. The molecule has 0 unspecified atom stereocenters. The van der Waals surface area contributed by atoms with Gasteiger partial charge in [0.2, 0.25) is 0 Å². The van der Waals surface area contributed by atoms with Crippen LogP contribution in [0.2, 0.25) is 0 Å². The molecule has 138 valence electrons. The number of carbonyl (C=O) groups is 1. The fraction of sp³-hybridized carbons (Fsp3) is 0.333. The Labute approximate surface area is 157 Å². The second-order valence-electron chi connectivity index (χ2n) is 6.40. The SMILES string of the molecule is C[C@@H]1CCC/C(=N\NC(=O)c2ccccc2NS(=O)(=O)c2cccs2)C1. The monoisotopic (exact) mass is 391 g/mol. The zero-order valence-corrected chi connectivity index (χ0v) is 16.1. The summed E-state index contributed by atoms with van der Waals surface area (Å²) < 4.78 is 27.5. The first-order valence-corrected chi connectivity index (χ1v) is 10.8. The van der Waals surface area contributed by atoms with E-state index in [-0.39, 0.29) is 15.5 Å². The van der Waals surface area contributed by atoms with Gasteiger partial charge in [0.15, 0.2) is 0 Å². The Kier molecular flexibility index (Phi) is 5.73. The second kappa shape index (κ2) is 8.01. The van der Waals surface area contributed by atoms with Crippen LogP contribution in [0.5, 0.6) is 0 Å². The van der Waals surface area contributed by atoms with Gasteiger partial charge in [-0.2, -0.15) is 5.10 Å². The molecule has 26 heavy (non-hydrogen) atoms. The Morgan fingerprint density at radius 3 is 2.77 bits per heavy atom. The van der Waals surface area contributed by atoms with Gasteiger partial charge in [-0.15, -0.1) is 11.3 Å². The van der Waals surface area contributed by atoms with Crippen molar-refractivity contribution >= 4 is 38.7 Å². The molecule has 3 rings (SSSR count). The number of nitrogens with zero attached hydrogens (tertiary/aromatic N) is 1. The maximum atomic E-state index is 12.5. The van der Waals surface area contributed by atoms with Crippen molar-refractivity contribution in [3.63, 3.8) is 0 Å². The number of anilines is 1. The fourth-order valence-corrected chi connectivity index (χ4v) is 5.01. The average molecular weight is 392 g/mol. The van der Waals surface area contributed by atoms with Gasteiger partial charge in [-0.3, -0.25) is 9.52 Å². The maximum absolute atomic E-state index is 12.5. The summed E-state index contributed by atoms with van der Waals surface area (Å²) in [6, 6.07) is 9.69. The molecule has 1 aliphatic carbocycles. The molecule has 6 nitrogen and oxygen atoms in total. The minimum atomic E-state index is -3.72. The largest absolute Gasteiger partial charge is 0.278 e. The number of rotatable bonds is 5. The third-order valence-corrected chi connectivity index (χ3v) is 7.00. The molecule has 1 fully saturated rings. The molecule has 1 saturated carbocycles. The van der Waals surface area contributed by atoms with E-state index in [0.717, 1.165) is 36.3 Å². The number of hydrogen-bond acceptors (Lipinski definition) is 5. The number of thiophene rings is 1. The molecule has 0 radical (unpaired) electrons. The smallest absolute Gasteiger partial charge is 0.273 e. The van der Waals surface area contributed by atoms with E-state index in [4.69, 9.17) is 0 Å². The Hall–Kier alpha value is -2.19. The normalized spacial score (nSPS) is 19.3. The Bertz CT molecular complexity index is 906. The van der Waals surface area contributed by atoms with E-state index in [1.54, 1.807) is 35.7 Å². The van der Waals surface area contributed by atoms with Gasteiger partial charge in [0.25, 0.3) is 15.9 Å². The summed E-state index contributed by atoms with van der Waals surface area (Å²) in [5, 5.41) is 5.93. The first kappa shape index (κ1) is 18.6. The van der Waals surface area contributed by atoms with Crippen molar-refractivity contribution in [2.24, 2.45) is 11.0 Å². The number of para-hydroxylation sites is 1. The van der Waals surface area contributed by atoms with E-state index in [9.17, 15) is 13.2 Å². The Balaban J connectivity index is 1.76. The van der Waals surface area contributed by atoms with Gasteiger partial charge in [0.1, 0.15) is 4.21 Å². The van der Waals surface area contributed by atoms with Crippen molar-refractivity contribution in [2.45, 2.75) is 36.8 Å². The fourth-order valence-electron chi connectivity index (χ4n) is 2.93. The van der Waals surface area contributed by atoms with E-state index >= 15 is 0 Å². The van der Waals surface area contributed by atoms with E-state index in [2.05, 4.69) is 22.2 Å². The topological polar surface area (TPSA) is 87.6 Å². The zero-order chi connectivity index (χ0) is 18.6. The van der Waals surface area contributed by atoms with Gasteiger partial charge in [-0.25, -0.2) is 13.8 Å². The molecule has 0 saturated heterocycles. The van der Waals surface area contributed by atoms with Gasteiger partial charge >= 0.3 is 0 Å². The van der Waals surface area contributed by atoms with Gasteiger partial charge in [-0.1, -0.05) is 25.1 Å². The van der Waals surface area contributed by atoms with Crippen molar-refractivity contribution in [2.75, 3.05) is 4.72 Å². The van der Waals surface area contributed by atoms with E-state index in [1.807, 2.05) is 0 Å². The minimum absolute atomic E-state index is 0.198. The lowest BCUT2D eigenvalue weighted by molar-refractivity contribution is 0.0955. The molecular formula is C18H21N3O3S2. The number of nitrogens with one attached hydrogen (secondary N) is 2. The lowest BCUT2D eigenvalue weighted by Crippen LogP contribution is -2.24. The summed E-state index contributed by atoms with van der Waals surface area (Å²) >= 11 is 1.12. The number of hydrazone groups is 1. The van der Waals surface area contributed by atoms with Crippen LogP contribution in [0.15, 0.2) is 51.1 Å². The van der Waals surface area contributed by atoms with Crippen molar-refractivity contribution in [3.8, 4) is 0 Å². The van der Waals surface area contributed by atoms with Crippen LogP contribution in [0.1, 0.15) is 43.0 Å². The van der Waals surface area contributed by atoms with Gasteiger partial charge < -0.3 is 0 Å². The van der Waals surface area contributed by atoms with Crippen molar-refractivity contribution in [1.82, 2.24) is 5.43 Å². The summed E-state index contributed by atoms with van der Waals surface area (Å²) in [4.78, 5) is 12.5. The van der Waals surface area contributed by atoms with E-state index in [0.29, 0.717) is 5.92 Å². The summed E-state index contributed by atoms with van der Waals surface area (Å²) in [7, 11) is -3.72. The second-order valence-corrected chi connectivity index (χ2v) is 9.26. The highest BCUT2D eigenvalue weighted by molar-refractivity contribution is 7.94. The first-order valence-electron chi connectivity index (χ1n) is 8.47. The van der Waals surface area contributed by atoms with Gasteiger partial charge in [0.05, 0.1) is 11.3 Å². The van der Waals surface area contributed by atoms with Crippen molar-refractivity contribution < 1.29 is 13.2 Å². The predicted molar refractivity (Wildman–Crippen MR) is 104 cm³/mol. The van der Waals surface area contributed by atoms with Crippen LogP contribution in [0.3, 0.4) is 0 Å². The zero-order valence-electron chi connectivity index (χ0n) is 14.4. The van der Waals surface area contributed by atoms with Gasteiger partial charge in [0, 0.05) is 5.71 Å². The Morgan fingerprint density at radius 1 is 1.23 bits per heavy atom. The van der Waals surface area contributed by atoms with Crippen LogP contribution in [0, 0.1) is 5.92 Å². The molecule has 1 atom stereocenters. The summed E-state index contributed by atoms with van der Waals surface area (Å²) in [5.74, 6) is 0.143. The molecular weight excluding hydrogens is 370 g/mol. The first-order chi connectivity index (χ1) is 12.5. The summed E-state index contributed by atoms with van der Waals surface area (Å²) in [6.07, 6.45) is 4.03. The van der Waals surface area contributed by atoms with E-state index < -0.39 is 15.9 Å². The lowest BCUT2D eigenvalue weighted by atomic mass is 9.89. The molecule has 0 aliphatic heterocycles. The lowest BCUT2D eigenvalue weighted by Gasteiger charge is -2.19.